The fourth-order valence-electron chi connectivity index (χ4n) is 3.57. The maximum atomic E-state index is 13.4. The molecule has 5 nitrogen and oxygen atoms in total. The van der Waals surface area contributed by atoms with Gasteiger partial charge in [-0.1, -0.05) is 42.5 Å². The normalized spacial score (nSPS) is 12.0. The first-order chi connectivity index (χ1) is 16.0. The standard InChI is InChI=1S/C26H28F2N4O/c1-29-13-12-22(17-31-26(33)32-23-10-11-24(27)25(28)15-23)20-8-6-19(7-9-20)21-5-3-4-18(14-21)16-30-2/h3-11,14-16,22,29H,12-13,17H2,1-2H3,(H2,31,32,33). The Morgan fingerprint density at radius 2 is 1.79 bits per heavy atom. The van der Waals surface area contributed by atoms with Crippen molar-refractivity contribution >= 4 is 17.9 Å². The van der Waals surface area contributed by atoms with Crippen LogP contribution in [0.4, 0.5) is 19.3 Å². The molecule has 0 aliphatic carbocycles. The van der Waals surface area contributed by atoms with Crippen LogP contribution in [-0.2, 0) is 0 Å². The average Bonchev–Trinajstić information content (AvgIpc) is 2.82. The van der Waals surface area contributed by atoms with Gasteiger partial charge in [-0.2, -0.15) is 0 Å². The number of carbonyl (C=O) groups excluding carboxylic acids is 1. The minimum Gasteiger partial charge on any atom is -0.337 e. The van der Waals surface area contributed by atoms with Gasteiger partial charge in [-0.3, -0.25) is 4.99 Å². The van der Waals surface area contributed by atoms with Gasteiger partial charge in [0, 0.05) is 37.5 Å². The van der Waals surface area contributed by atoms with E-state index in [2.05, 4.69) is 57.3 Å². The minimum absolute atomic E-state index is 0.0840. The molecule has 3 N–H and O–H groups in total. The third-order valence-corrected chi connectivity index (χ3v) is 5.31. The Hall–Kier alpha value is -3.58. The first-order valence-electron chi connectivity index (χ1n) is 10.8. The summed E-state index contributed by atoms with van der Waals surface area (Å²) in [6.07, 6.45) is 2.65. The number of hydrogen-bond acceptors (Lipinski definition) is 3. The van der Waals surface area contributed by atoms with Gasteiger partial charge in [0.1, 0.15) is 0 Å². The van der Waals surface area contributed by atoms with Gasteiger partial charge in [0.05, 0.1) is 0 Å². The summed E-state index contributed by atoms with van der Waals surface area (Å²) in [5, 5.41) is 8.51. The fourth-order valence-corrected chi connectivity index (χ4v) is 3.57. The lowest BCUT2D eigenvalue weighted by Crippen LogP contribution is -2.33. The van der Waals surface area contributed by atoms with Gasteiger partial charge < -0.3 is 16.0 Å². The Balaban J connectivity index is 1.67. The van der Waals surface area contributed by atoms with Crippen LogP contribution in [0.2, 0.25) is 0 Å². The van der Waals surface area contributed by atoms with Gasteiger partial charge in [0.25, 0.3) is 0 Å². The second-order valence-electron chi connectivity index (χ2n) is 7.69. The largest absolute Gasteiger partial charge is 0.337 e. The van der Waals surface area contributed by atoms with Crippen LogP contribution in [-0.4, -0.2) is 39.4 Å². The Kier molecular flexibility index (Phi) is 8.66. The van der Waals surface area contributed by atoms with Crippen molar-refractivity contribution in [1.82, 2.24) is 10.6 Å². The van der Waals surface area contributed by atoms with Crippen LogP contribution in [0.15, 0.2) is 71.7 Å². The first kappa shape index (κ1) is 24.1. The number of halogens is 2. The first-order valence-corrected chi connectivity index (χ1v) is 10.8. The molecule has 33 heavy (non-hydrogen) atoms. The van der Waals surface area contributed by atoms with Crippen molar-refractivity contribution in [1.29, 1.82) is 0 Å². The van der Waals surface area contributed by atoms with Gasteiger partial charge in [-0.15, -0.1) is 0 Å². The van der Waals surface area contributed by atoms with Gasteiger partial charge in [0.2, 0.25) is 0 Å². The highest BCUT2D eigenvalue weighted by Crippen LogP contribution is 2.25. The molecule has 3 aromatic carbocycles. The summed E-state index contributed by atoms with van der Waals surface area (Å²) in [5.74, 6) is -1.88. The zero-order valence-corrected chi connectivity index (χ0v) is 18.7. The maximum Gasteiger partial charge on any atom is 0.319 e. The zero-order chi connectivity index (χ0) is 23.6. The summed E-state index contributed by atoms with van der Waals surface area (Å²) < 4.78 is 26.4. The third-order valence-electron chi connectivity index (χ3n) is 5.31. The van der Waals surface area contributed by atoms with E-state index in [0.29, 0.717) is 6.54 Å². The Labute approximate surface area is 193 Å². The maximum absolute atomic E-state index is 13.4. The highest BCUT2D eigenvalue weighted by atomic mass is 19.2. The van der Waals surface area contributed by atoms with Gasteiger partial charge in [-0.25, -0.2) is 13.6 Å². The molecule has 3 rings (SSSR count). The summed E-state index contributed by atoms with van der Waals surface area (Å²) in [7, 11) is 3.63. The second-order valence-corrected chi connectivity index (χ2v) is 7.69. The number of carbonyl (C=O) groups is 1. The van der Waals surface area contributed by atoms with Crippen molar-refractivity contribution in [3.63, 3.8) is 0 Å². The van der Waals surface area contributed by atoms with Crippen molar-refractivity contribution in [3.05, 3.63) is 89.5 Å². The molecule has 1 atom stereocenters. The number of hydrogen-bond donors (Lipinski definition) is 3. The molecule has 7 heteroatoms. The molecule has 0 heterocycles. The molecule has 0 saturated carbocycles. The Morgan fingerprint density at radius 1 is 1.00 bits per heavy atom. The molecular weight excluding hydrogens is 422 g/mol. The molecule has 2 amide bonds. The number of nitrogens with zero attached hydrogens (tertiary/aromatic N) is 1. The number of benzene rings is 3. The van der Waals surface area contributed by atoms with Crippen LogP contribution >= 0.6 is 0 Å². The SMILES string of the molecule is CN=Cc1cccc(-c2ccc(C(CCNC)CNC(=O)Nc3ccc(F)c(F)c3)cc2)c1. The van der Waals surface area contributed by atoms with Crippen LogP contribution < -0.4 is 16.0 Å². The van der Waals surface area contributed by atoms with E-state index >= 15 is 0 Å². The van der Waals surface area contributed by atoms with E-state index in [1.807, 2.05) is 25.4 Å². The topological polar surface area (TPSA) is 65.5 Å². The molecule has 0 fully saturated rings. The Bertz CT molecular complexity index is 1100. The quantitative estimate of drug-likeness (QED) is 0.393. The summed E-state index contributed by atoms with van der Waals surface area (Å²) in [6, 6.07) is 19.2. The summed E-state index contributed by atoms with van der Waals surface area (Å²) in [4.78, 5) is 16.3. The van der Waals surface area contributed by atoms with E-state index in [1.165, 1.54) is 6.07 Å². The van der Waals surface area contributed by atoms with Crippen LogP contribution in [0.3, 0.4) is 0 Å². The van der Waals surface area contributed by atoms with E-state index in [0.717, 1.165) is 47.4 Å². The highest BCUT2D eigenvalue weighted by Gasteiger charge is 2.14. The highest BCUT2D eigenvalue weighted by molar-refractivity contribution is 5.89. The van der Waals surface area contributed by atoms with Gasteiger partial charge >= 0.3 is 6.03 Å². The van der Waals surface area contributed by atoms with Crippen LogP contribution in [0, 0.1) is 11.6 Å². The van der Waals surface area contributed by atoms with Crippen molar-refractivity contribution in [2.45, 2.75) is 12.3 Å². The van der Waals surface area contributed by atoms with E-state index in [4.69, 9.17) is 0 Å². The van der Waals surface area contributed by atoms with E-state index in [-0.39, 0.29) is 11.6 Å². The molecule has 0 saturated heterocycles. The summed E-state index contributed by atoms with van der Waals surface area (Å²) >= 11 is 0. The molecule has 0 radical (unpaired) electrons. The van der Waals surface area contributed by atoms with E-state index in [1.54, 1.807) is 7.05 Å². The summed E-state index contributed by atoms with van der Waals surface area (Å²) in [6.45, 7) is 1.19. The molecular formula is C26H28F2N4O. The average molecular weight is 451 g/mol. The lowest BCUT2D eigenvalue weighted by Gasteiger charge is -2.19. The molecule has 172 valence electrons. The van der Waals surface area contributed by atoms with E-state index < -0.39 is 17.7 Å². The van der Waals surface area contributed by atoms with Crippen molar-refractivity contribution in [3.8, 4) is 11.1 Å². The lowest BCUT2D eigenvalue weighted by molar-refractivity contribution is 0.251. The monoisotopic (exact) mass is 450 g/mol. The van der Waals surface area contributed by atoms with Crippen LogP contribution in [0.1, 0.15) is 23.5 Å². The van der Waals surface area contributed by atoms with Gasteiger partial charge in [-0.05, 0) is 60.5 Å². The predicted octanol–water partition coefficient (Wildman–Crippen LogP) is 5.20. The van der Waals surface area contributed by atoms with Crippen LogP contribution in [0.5, 0.6) is 0 Å². The third kappa shape index (κ3) is 6.95. The second kappa shape index (κ2) is 11.9. The number of urea groups is 1. The molecule has 1 unspecified atom stereocenters. The van der Waals surface area contributed by atoms with Crippen molar-refractivity contribution in [2.24, 2.45) is 4.99 Å². The number of rotatable bonds is 9. The molecule has 0 aromatic heterocycles. The molecule has 3 aromatic rings. The molecule has 0 aliphatic heterocycles. The molecule has 0 bridgehead atoms. The predicted molar refractivity (Wildman–Crippen MR) is 130 cm³/mol. The number of aliphatic imine (C=N–C) groups is 1. The molecule has 0 spiro atoms. The van der Waals surface area contributed by atoms with Crippen molar-refractivity contribution < 1.29 is 13.6 Å². The summed E-state index contributed by atoms with van der Waals surface area (Å²) in [5.41, 5.74) is 4.55. The molecule has 0 aliphatic rings. The number of nitrogens with one attached hydrogen (secondary N) is 3. The Morgan fingerprint density at radius 3 is 2.48 bits per heavy atom. The van der Waals surface area contributed by atoms with Crippen molar-refractivity contribution in [2.75, 3.05) is 32.5 Å². The number of anilines is 1. The number of amides is 2. The van der Waals surface area contributed by atoms with Crippen LogP contribution in [0.25, 0.3) is 11.1 Å². The van der Waals surface area contributed by atoms with Gasteiger partial charge in [0.15, 0.2) is 11.6 Å². The van der Waals surface area contributed by atoms with E-state index in [9.17, 15) is 13.6 Å². The fraction of sp³-hybridized carbons (Fsp3) is 0.231. The lowest BCUT2D eigenvalue weighted by atomic mass is 9.93. The minimum atomic E-state index is -1.01. The zero-order valence-electron chi connectivity index (χ0n) is 18.7. The smallest absolute Gasteiger partial charge is 0.319 e.